The molecule has 0 spiro atoms. The lowest BCUT2D eigenvalue weighted by Crippen LogP contribution is -2.61. The Labute approximate surface area is 193 Å². The molecular weight excluding hydrogens is 424 g/mol. The van der Waals surface area contributed by atoms with Gasteiger partial charge in [0.2, 0.25) is 11.4 Å². The van der Waals surface area contributed by atoms with Crippen LogP contribution in [0.5, 0.6) is 5.88 Å². The first-order valence-electron chi connectivity index (χ1n) is 11.3. The molecule has 33 heavy (non-hydrogen) atoms. The Hall–Kier alpha value is -2.81. The van der Waals surface area contributed by atoms with Gasteiger partial charge in [0.1, 0.15) is 12.4 Å². The van der Waals surface area contributed by atoms with Gasteiger partial charge in [-0.1, -0.05) is 49.8 Å². The Morgan fingerprint density at radius 1 is 1.21 bits per heavy atom. The maximum absolute atomic E-state index is 13.9. The minimum Gasteiger partial charge on any atom is -0.475 e. The number of nitrogens with zero attached hydrogens (tertiary/aromatic N) is 2. The summed E-state index contributed by atoms with van der Waals surface area (Å²) in [6.45, 7) is 2.55. The number of hydrogen-bond donors (Lipinski definition) is 0. The molecule has 176 valence electrons. The number of rotatable bonds is 10. The smallest absolute Gasteiger partial charge is 0.265 e. The molecule has 2 aromatic rings. The van der Waals surface area contributed by atoms with Crippen LogP contribution in [0.2, 0.25) is 0 Å². The van der Waals surface area contributed by atoms with Crippen LogP contribution >= 0.6 is 0 Å². The molecule has 2 aliphatic rings. The summed E-state index contributed by atoms with van der Waals surface area (Å²) < 4.78 is 23.2. The molecule has 1 aromatic carbocycles. The van der Waals surface area contributed by atoms with E-state index >= 15 is 0 Å². The second kappa shape index (κ2) is 9.99. The minimum atomic E-state index is -1.72. The van der Waals surface area contributed by atoms with Crippen molar-refractivity contribution in [2.45, 2.75) is 44.4 Å². The number of Topliss-reactive ketones (excluding diaryl/α,β-unsaturated/α-hetero) is 1. The molecule has 0 unspecified atom stereocenters. The molecule has 0 amide bonds. The van der Waals surface area contributed by atoms with Crippen LogP contribution in [0.25, 0.3) is 0 Å². The third-order valence-corrected chi connectivity index (χ3v) is 6.22. The lowest BCUT2D eigenvalue weighted by molar-refractivity contribution is -0.173. The molecular formula is C25H30N2O6. The number of benzene rings is 1. The number of aromatic nitrogens is 1. The number of carbonyl (C=O) groups excluding carboxylic acids is 2. The van der Waals surface area contributed by atoms with E-state index in [4.69, 9.17) is 18.7 Å². The van der Waals surface area contributed by atoms with Crippen LogP contribution < -0.4 is 4.74 Å². The summed E-state index contributed by atoms with van der Waals surface area (Å²) in [6.07, 6.45) is 5.43. The number of hydrogen-bond acceptors (Lipinski definition) is 8. The molecule has 0 bridgehead atoms. The second-order valence-corrected chi connectivity index (χ2v) is 8.61. The SMILES string of the molecule is CCCCOc1noc2c1C(=O)[C@@]1(OCOCc3ccccc3)C(=O)C=CC[C@H]1[C@@H]2N(C)C. The number of ketones is 2. The third-order valence-electron chi connectivity index (χ3n) is 6.22. The molecule has 0 aliphatic heterocycles. The van der Waals surface area contributed by atoms with Crippen LogP contribution in [0.15, 0.2) is 47.0 Å². The summed E-state index contributed by atoms with van der Waals surface area (Å²) in [5.74, 6) is -0.837. The molecule has 1 heterocycles. The number of unbranched alkanes of at least 4 members (excludes halogenated alkanes) is 1. The van der Waals surface area contributed by atoms with Crippen LogP contribution in [-0.4, -0.2) is 54.7 Å². The van der Waals surface area contributed by atoms with Crippen LogP contribution in [0.4, 0.5) is 0 Å². The molecule has 4 rings (SSSR count). The lowest BCUT2D eigenvalue weighted by Gasteiger charge is -2.46. The Kier molecular flexibility index (Phi) is 7.07. The normalized spacial score (nSPS) is 24.1. The van der Waals surface area contributed by atoms with E-state index in [1.165, 1.54) is 6.08 Å². The molecule has 8 heteroatoms. The standard InChI is InChI=1S/C25H30N2O6/c1-4-5-14-31-24-20-22(33-26-24)21(27(2)3)18-12-9-13-19(28)25(18,23(20)29)32-16-30-15-17-10-7-6-8-11-17/h6-11,13,18,21H,4-5,12,14-16H2,1-3H3/t18-,21-,25-/m0/s1. The monoisotopic (exact) mass is 454 g/mol. The van der Waals surface area contributed by atoms with Gasteiger partial charge < -0.3 is 18.7 Å². The van der Waals surface area contributed by atoms with Gasteiger partial charge in [0.25, 0.3) is 5.88 Å². The van der Waals surface area contributed by atoms with E-state index in [-0.39, 0.29) is 18.2 Å². The average Bonchev–Trinajstić information content (AvgIpc) is 3.22. The zero-order valence-electron chi connectivity index (χ0n) is 19.3. The van der Waals surface area contributed by atoms with Gasteiger partial charge in [-0.25, -0.2) is 0 Å². The minimum absolute atomic E-state index is 0.115. The maximum atomic E-state index is 13.9. The van der Waals surface area contributed by atoms with Crippen LogP contribution in [-0.2, 0) is 20.9 Å². The maximum Gasteiger partial charge on any atom is 0.265 e. The van der Waals surface area contributed by atoms with Crippen LogP contribution in [0.1, 0.15) is 53.9 Å². The molecule has 0 radical (unpaired) electrons. The van der Waals surface area contributed by atoms with Crippen molar-refractivity contribution < 1.29 is 28.3 Å². The van der Waals surface area contributed by atoms with Gasteiger partial charge in [0.05, 0.1) is 19.3 Å². The van der Waals surface area contributed by atoms with Crippen molar-refractivity contribution in [3.05, 3.63) is 59.4 Å². The largest absolute Gasteiger partial charge is 0.475 e. The molecule has 2 aliphatic carbocycles. The first-order valence-corrected chi connectivity index (χ1v) is 11.3. The molecule has 0 saturated carbocycles. The second-order valence-electron chi connectivity index (χ2n) is 8.61. The zero-order chi connectivity index (χ0) is 23.4. The summed E-state index contributed by atoms with van der Waals surface area (Å²) in [4.78, 5) is 29.1. The fraction of sp³-hybridized carbons (Fsp3) is 0.480. The highest BCUT2D eigenvalue weighted by Crippen LogP contribution is 2.51. The summed E-state index contributed by atoms with van der Waals surface area (Å²) in [5.41, 5.74) is -0.561. The van der Waals surface area contributed by atoms with Gasteiger partial charge >= 0.3 is 0 Å². The summed E-state index contributed by atoms with van der Waals surface area (Å²) in [7, 11) is 3.76. The number of carbonyl (C=O) groups is 2. The summed E-state index contributed by atoms with van der Waals surface area (Å²) in [5, 5.41) is 4.04. The van der Waals surface area contributed by atoms with Gasteiger partial charge in [-0.3, -0.25) is 14.5 Å². The van der Waals surface area contributed by atoms with Gasteiger partial charge in [-0.15, -0.1) is 0 Å². The van der Waals surface area contributed by atoms with Gasteiger partial charge in [-0.05, 0) is 43.7 Å². The van der Waals surface area contributed by atoms with E-state index in [0.29, 0.717) is 25.4 Å². The lowest BCUT2D eigenvalue weighted by atomic mass is 9.65. The first kappa shape index (κ1) is 23.4. The fourth-order valence-electron chi connectivity index (χ4n) is 4.61. The van der Waals surface area contributed by atoms with Crippen LogP contribution in [0.3, 0.4) is 0 Å². The summed E-state index contributed by atoms with van der Waals surface area (Å²) >= 11 is 0. The van der Waals surface area contributed by atoms with E-state index < -0.39 is 29.1 Å². The van der Waals surface area contributed by atoms with Crippen molar-refractivity contribution in [2.24, 2.45) is 5.92 Å². The Morgan fingerprint density at radius 2 is 2.00 bits per heavy atom. The predicted octanol–water partition coefficient (Wildman–Crippen LogP) is 3.73. The average molecular weight is 455 g/mol. The summed E-state index contributed by atoms with van der Waals surface area (Å²) in [6, 6.07) is 9.25. The number of ether oxygens (including phenoxy) is 3. The quantitative estimate of drug-likeness (QED) is 0.305. The Morgan fingerprint density at radius 3 is 2.73 bits per heavy atom. The van der Waals surface area contributed by atoms with E-state index in [0.717, 1.165) is 18.4 Å². The topological polar surface area (TPSA) is 91.1 Å². The Bertz CT molecular complexity index is 1020. The van der Waals surface area contributed by atoms with E-state index in [9.17, 15) is 9.59 Å². The van der Waals surface area contributed by atoms with Crippen molar-refractivity contribution in [3.8, 4) is 5.88 Å². The predicted molar refractivity (Wildman–Crippen MR) is 120 cm³/mol. The van der Waals surface area contributed by atoms with Crippen molar-refractivity contribution in [1.29, 1.82) is 0 Å². The van der Waals surface area contributed by atoms with Crippen LogP contribution in [0, 0.1) is 5.92 Å². The third kappa shape index (κ3) is 4.26. The van der Waals surface area contributed by atoms with Gasteiger partial charge in [0.15, 0.2) is 11.5 Å². The molecule has 1 aromatic heterocycles. The Balaban J connectivity index is 1.65. The number of allylic oxidation sites excluding steroid dienone is 1. The molecule has 0 N–H and O–H groups in total. The van der Waals surface area contributed by atoms with Crippen molar-refractivity contribution >= 4 is 11.6 Å². The zero-order valence-corrected chi connectivity index (χ0v) is 19.3. The van der Waals surface area contributed by atoms with Crippen molar-refractivity contribution in [3.63, 3.8) is 0 Å². The molecule has 0 fully saturated rings. The molecule has 0 saturated heterocycles. The highest BCUT2D eigenvalue weighted by atomic mass is 16.7. The van der Waals surface area contributed by atoms with Gasteiger partial charge in [0, 0.05) is 5.92 Å². The van der Waals surface area contributed by atoms with E-state index in [1.807, 2.05) is 56.3 Å². The highest BCUT2D eigenvalue weighted by Gasteiger charge is 2.63. The van der Waals surface area contributed by atoms with E-state index in [2.05, 4.69) is 5.16 Å². The van der Waals surface area contributed by atoms with Gasteiger partial charge in [-0.2, -0.15) is 0 Å². The highest BCUT2D eigenvalue weighted by molar-refractivity contribution is 6.23. The number of fused-ring (bicyclic) bond motifs is 2. The molecule has 8 nitrogen and oxygen atoms in total. The van der Waals surface area contributed by atoms with E-state index in [1.54, 1.807) is 6.08 Å². The fourth-order valence-corrected chi connectivity index (χ4v) is 4.61. The van der Waals surface area contributed by atoms with Crippen molar-refractivity contribution in [1.82, 2.24) is 10.1 Å². The molecule has 3 atom stereocenters. The van der Waals surface area contributed by atoms with Crippen molar-refractivity contribution in [2.75, 3.05) is 27.5 Å². The first-order chi connectivity index (χ1) is 16.0.